The minimum atomic E-state index is -0.172. The van der Waals surface area contributed by atoms with Gasteiger partial charge in [0.25, 0.3) is 5.56 Å². The van der Waals surface area contributed by atoms with Crippen LogP contribution in [-0.4, -0.2) is 16.5 Å². The van der Waals surface area contributed by atoms with Crippen molar-refractivity contribution in [3.8, 4) is 0 Å². The summed E-state index contributed by atoms with van der Waals surface area (Å²) in [4.78, 5) is 23.4. The highest BCUT2D eigenvalue weighted by Gasteiger charge is 2.17. The number of aromatic nitrogens is 1. The highest BCUT2D eigenvalue weighted by Crippen LogP contribution is 2.17. The largest absolute Gasteiger partial charge is 0.352 e. The van der Waals surface area contributed by atoms with E-state index < -0.39 is 0 Å². The molecule has 4 nitrogen and oxygen atoms in total. The Bertz CT molecular complexity index is 464. The Kier molecular flexibility index (Phi) is 3.99. The third-order valence-corrected chi connectivity index (χ3v) is 3.61. The van der Waals surface area contributed by atoms with Crippen LogP contribution < -0.4 is 10.9 Å². The second-order valence-corrected chi connectivity index (χ2v) is 5.19. The Morgan fingerprint density at radius 2 is 2.18 bits per heavy atom. The first-order valence-corrected chi connectivity index (χ1v) is 6.60. The van der Waals surface area contributed by atoms with Gasteiger partial charge in [0.05, 0.1) is 4.47 Å². The van der Waals surface area contributed by atoms with Crippen molar-refractivity contribution in [1.29, 1.82) is 0 Å². The molecule has 0 atom stereocenters. The predicted molar refractivity (Wildman–Crippen MR) is 68.8 cm³/mol. The number of nitrogens with zero attached hydrogens (tertiary/aromatic N) is 1. The molecular weight excluding hydrogens is 284 g/mol. The molecule has 1 amide bonds. The van der Waals surface area contributed by atoms with Crippen LogP contribution in [0, 0.1) is 0 Å². The predicted octanol–water partition coefficient (Wildman–Crippen LogP) is 1.67. The van der Waals surface area contributed by atoms with Gasteiger partial charge in [-0.3, -0.25) is 9.59 Å². The van der Waals surface area contributed by atoms with E-state index in [1.807, 2.05) is 0 Å². The molecule has 2 rings (SSSR count). The Hall–Kier alpha value is -1.10. The third-order valence-electron chi connectivity index (χ3n) is 3.01. The number of hydrogen-bond acceptors (Lipinski definition) is 2. The highest BCUT2D eigenvalue weighted by atomic mass is 79.9. The Labute approximate surface area is 108 Å². The average Bonchev–Trinajstić information content (AvgIpc) is 2.77. The Morgan fingerprint density at radius 1 is 1.47 bits per heavy atom. The van der Waals surface area contributed by atoms with E-state index in [9.17, 15) is 9.59 Å². The van der Waals surface area contributed by atoms with Gasteiger partial charge in [0.15, 0.2) is 0 Å². The van der Waals surface area contributed by atoms with E-state index >= 15 is 0 Å². The molecular formula is C12H15BrN2O2. The SMILES string of the molecule is O=C(Cn1cccc(Br)c1=O)NC1CCCC1. The summed E-state index contributed by atoms with van der Waals surface area (Å²) in [5.41, 5.74) is -0.172. The molecule has 5 heteroatoms. The lowest BCUT2D eigenvalue weighted by atomic mass is 10.2. The van der Waals surface area contributed by atoms with Crippen LogP contribution in [0.2, 0.25) is 0 Å². The maximum atomic E-state index is 11.7. The lowest BCUT2D eigenvalue weighted by Crippen LogP contribution is -2.37. The van der Waals surface area contributed by atoms with Crippen molar-refractivity contribution in [2.75, 3.05) is 0 Å². The van der Waals surface area contributed by atoms with Gasteiger partial charge in [0.2, 0.25) is 5.91 Å². The molecule has 1 fully saturated rings. The van der Waals surface area contributed by atoms with E-state index in [0.29, 0.717) is 10.5 Å². The molecule has 0 bridgehead atoms. The molecule has 0 aromatic carbocycles. The van der Waals surface area contributed by atoms with Crippen molar-refractivity contribution in [2.24, 2.45) is 0 Å². The molecule has 1 aromatic rings. The summed E-state index contributed by atoms with van der Waals surface area (Å²) in [6.45, 7) is 0.0920. The minimum Gasteiger partial charge on any atom is -0.352 e. The van der Waals surface area contributed by atoms with Gasteiger partial charge in [-0.2, -0.15) is 0 Å². The molecule has 1 saturated carbocycles. The summed E-state index contributed by atoms with van der Waals surface area (Å²) in [7, 11) is 0. The van der Waals surface area contributed by atoms with E-state index in [2.05, 4.69) is 21.2 Å². The lowest BCUT2D eigenvalue weighted by Gasteiger charge is -2.12. The molecule has 0 aliphatic heterocycles. The molecule has 0 radical (unpaired) electrons. The minimum absolute atomic E-state index is 0.0860. The fraction of sp³-hybridized carbons (Fsp3) is 0.500. The van der Waals surface area contributed by atoms with E-state index in [0.717, 1.165) is 12.8 Å². The first-order valence-electron chi connectivity index (χ1n) is 5.81. The maximum Gasteiger partial charge on any atom is 0.265 e. The van der Waals surface area contributed by atoms with Gasteiger partial charge in [0, 0.05) is 12.2 Å². The number of amides is 1. The molecule has 1 heterocycles. The van der Waals surface area contributed by atoms with Crippen LogP contribution in [-0.2, 0) is 11.3 Å². The number of rotatable bonds is 3. The highest BCUT2D eigenvalue weighted by molar-refractivity contribution is 9.10. The number of halogens is 1. The molecule has 0 unspecified atom stereocenters. The van der Waals surface area contributed by atoms with Crippen LogP contribution in [0.5, 0.6) is 0 Å². The summed E-state index contributed by atoms with van der Waals surface area (Å²) in [6, 6.07) is 3.72. The van der Waals surface area contributed by atoms with Gasteiger partial charge in [-0.15, -0.1) is 0 Å². The van der Waals surface area contributed by atoms with Crippen LogP contribution in [0.3, 0.4) is 0 Å². The first kappa shape index (κ1) is 12.4. The van der Waals surface area contributed by atoms with Gasteiger partial charge < -0.3 is 9.88 Å². The van der Waals surface area contributed by atoms with Crippen molar-refractivity contribution in [1.82, 2.24) is 9.88 Å². The van der Waals surface area contributed by atoms with Crippen molar-refractivity contribution >= 4 is 21.8 Å². The van der Waals surface area contributed by atoms with Crippen molar-refractivity contribution in [3.63, 3.8) is 0 Å². The van der Waals surface area contributed by atoms with Crippen LogP contribution in [0.1, 0.15) is 25.7 Å². The molecule has 0 spiro atoms. The standard InChI is InChI=1S/C12H15BrN2O2/c13-10-6-3-7-15(12(10)17)8-11(16)14-9-4-1-2-5-9/h3,6-7,9H,1-2,4-5,8H2,(H,14,16). The third kappa shape index (κ3) is 3.19. The number of nitrogens with one attached hydrogen (secondary N) is 1. The maximum absolute atomic E-state index is 11.7. The lowest BCUT2D eigenvalue weighted by molar-refractivity contribution is -0.122. The number of hydrogen-bond donors (Lipinski definition) is 1. The van der Waals surface area contributed by atoms with Gasteiger partial charge in [-0.25, -0.2) is 0 Å². The number of carbonyl (C=O) groups excluding carboxylic acids is 1. The van der Waals surface area contributed by atoms with Crippen molar-refractivity contribution in [3.05, 3.63) is 33.2 Å². The quantitative estimate of drug-likeness (QED) is 0.923. The van der Waals surface area contributed by atoms with Gasteiger partial charge in [-0.1, -0.05) is 12.8 Å². The first-order chi connectivity index (χ1) is 8.16. The van der Waals surface area contributed by atoms with Gasteiger partial charge in [-0.05, 0) is 40.9 Å². The topological polar surface area (TPSA) is 51.1 Å². The van der Waals surface area contributed by atoms with E-state index in [4.69, 9.17) is 0 Å². The van der Waals surface area contributed by atoms with Crippen molar-refractivity contribution < 1.29 is 4.79 Å². The van der Waals surface area contributed by atoms with Gasteiger partial charge in [0.1, 0.15) is 6.54 Å². The second kappa shape index (κ2) is 5.49. The summed E-state index contributed by atoms with van der Waals surface area (Å²) in [6.07, 6.45) is 6.10. The normalized spacial score (nSPS) is 16.1. The summed E-state index contributed by atoms with van der Waals surface area (Å²) in [5.74, 6) is -0.0860. The van der Waals surface area contributed by atoms with E-state index in [1.165, 1.54) is 17.4 Å². The van der Waals surface area contributed by atoms with E-state index in [-0.39, 0.29) is 18.0 Å². The Morgan fingerprint density at radius 3 is 2.88 bits per heavy atom. The molecule has 92 valence electrons. The zero-order valence-electron chi connectivity index (χ0n) is 9.49. The second-order valence-electron chi connectivity index (χ2n) is 4.34. The van der Waals surface area contributed by atoms with Gasteiger partial charge >= 0.3 is 0 Å². The molecule has 0 saturated heterocycles. The fourth-order valence-electron chi connectivity index (χ4n) is 2.13. The zero-order chi connectivity index (χ0) is 12.3. The zero-order valence-corrected chi connectivity index (χ0v) is 11.1. The summed E-state index contributed by atoms with van der Waals surface area (Å²) in [5, 5.41) is 2.96. The van der Waals surface area contributed by atoms with Crippen LogP contribution in [0.4, 0.5) is 0 Å². The molecule has 1 aliphatic carbocycles. The average molecular weight is 299 g/mol. The van der Waals surface area contributed by atoms with Crippen molar-refractivity contribution in [2.45, 2.75) is 38.3 Å². The van der Waals surface area contributed by atoms with Crippen LogP contribution >= 0.6 is 15.9 Å². The van der Waals surface area contributed by atoms with Crippen LogP contribution in [0.15, 0.2) is 27.6 Å². The smallest absolute Gasteiger partial charge is 0.265 e. The Balaban J connectivity index is 1.98. The number of carbonyl (C=O) groups is 1. The fourth-order valence-corrected chi connectivity index (χ4v) is 2.51. The summed E-state index contributed by atoms with van der Waals surface area (Å²) < 4.78 is 1.89. The molecule has 1 aliphatic rings. The summed E-state index contributed by atoms with van der Waals surface area (Å²) >= 11 is 3.16. The molecule has 1 N–H and O–H groups in total. The number of pyridine rings is 1. The van der Waals surface area contributed by atoms with E-state index in [1.54, 1.807) is 18.3 Å². The monoisotopic (exact) mass is 298 g/mol. The molecule has 1 aromatic heterocycles. The molecule has 17 heavy (non-hydrogen) atoms. The van der Waals surface area contributed by atoms with Crippen LogP contribution in [0.25, 0.3) is 0 Å².